The van der Waals surface area contributed by atoms with Crippen molar-refractivity contribution in [1.82, 2.24) is 5.32 Å². The lowest BCUT2D eigenvalue weighted by molar-refractivity contribution is -0.123. The molecule has 1 aromatic heterocycles. The number of halogens is 3. The zero-order chi connectivity index (χ0) is 15.5. The van der Waals surface area contributed by atoms with Gasteiger partial charge in [-0.1, -0.05) is 18.2 Å². The lowest BCUT2D eigenvalue weighted by Crippen LogP contribution is -2.34. The van der Waals surface area contributed by atoms with Gasteiger partial charge in [0.15, 0.2) is 5.76 Å². The molecule has 0 unspecified atom stereocenters. The molecule has 0 aliphatic carbocycles. The molecular weight excluding hydrogens is 287 g/mol. The number of rotatable bonds is 5. The fourth-order valence-corrected chi connectivity index (χ4v) is 1.89. The Morgan fingerprint density at radius 1 is 1.33 bits per heavy atom. The molecule has 0 radical (unpaired) electrons. The van der Waals surface area contributed by atoms with E-state index in [0.717, 1.165) is 0 Å². The Balaban J connectivity index is 2.30. The highest BCUT2D eigenvalue weighted by Crippen LogP contribution is 2.26. The van der Waals surface area contributed by atoms with Crippen LogP contribution >= 0.6 is 0 Å². The van der Waals surface area contributed by atoms with Crippen LogP contribution < -0.4 is 5.32 Å². The van der Waals surface area contributed by atoms with Gasteiger partial charge < -0.3 is 14.5 Å². The molecule has 0 aliphatic rings. The van der Waals surface area contributed by atoms with Crippen LogP contribution in [0.5, 0.6) is 0 Å². The number of para-hydroxylation sites is 1. The summed E-state index contributed by atoms with van der Waals surface area (Å²) in [7, 11) is 0. The summed E-state index contributed by atoms with van der Waals surface area (Å²) in [5, 5.41) is 2.46. The van der Waals surface area contributed by atoms with Crippen LogP contribution in [0, 0.1) is 0 Å². The van der Waals surface area contributed by atoms with Crippen LogP contribution in [0.2, 0.25) is 0 Å². The lowest BCUT2D eigenvalue weighted by Gasteiger charge is -2.08. The van der Waals surface area contributed by atoms with Gasteiger partial charge >= 0.3 is 6.18 Å². The molecule has 0 fully saturated rings. The fourth-order valence-electron chi connectivity index (χ4n) is 1.89. The van der Waals surface area contributed by atoms with Crippen LogP contribution in [0.15, 0.2) is 28.7 Å². The monoisotopic (exact) mass is 301 g/mol. The summed E-state index contributed by atoms with van der Waals surface area (Å²) in [5.74, 6) is -1.05. The number of hydrogen-bond acceptors (Lipinski definition) is 3. The molecule has 1 N–H and O–H groups in total. The van der Waals surface area contributed by atoms with Crippen molar-refractivity contribution in [3.63, 3.8) is 0 Å². The second-order valence-corrected chi connectivity index (χ2v) is 4.34. The average Bonchev–Trinajstić information content (AvgIpc) is 2.80. The molecule has 0 aliphatic heterocycles. The van der Waals surface area contributed by atoms with E-state index in [9.17, 15) is 18.0 Å². The first-order chi connectivity index (χ1) is 9.92. The van der Waals surface area contributed by atoms with Crippen LogP contribution in [-0.4, -0.2) is 25.2 Å². The van der Waals surface area contributed by atoms with Gasteiger partial charge in [0.2, 0.25) is 0 Å². The molecular formula is C14H14F3NO3. The third-order valence-electron chi connectivity index (χ3n) is 2.80. The van der Waals surface area contributed by atoms with Crippen molar-refractivity contribution >= 4 is 16.9 Å². The van der Waals surface area contributed by atoms with Crippen LogP contribution in [0.3, 0.4) is 0 Å². The topological polar surface area (TPSA) is 51.5 Å². The molecule has 0 bridgehead atoms. The van der Waals surface area contributed by atoms with E-state index in [-0.39, 0.29) is 12.4 Å². The van der Waals surface area contributed by atoms with Gasteiger partial charge in [-0.25, -0.2) is 0 Å². The standard InChI is InChI=1S/C14H14F3NO3/c1-2-20-7-10-9-5-3-4-6-11(9)21-12(10)13(19)18-8-14(15,16)17/h3-6H,2,7-8H2,1H3,(H,18,19). The predicted molar refractivity (Wildman–Crippen MR) is 69.9 cm³/mol. The molecule has 2 aromatic rings. The Kier molecular flexibility index (Phi) is 4.52. The summed E-state index contributed by atoms with van der Waals surface area (Å²) < 4.78 is 47.1. The maximum Gasteiger partial charge on any atom is 0.405 e. The molecule has 1 amide bonds. The largest absolute Gasteiger partial charge is 0.451 e. The second-order valence-electron chi connectivity index (χ2n) is 4.34. The molecule has 0 saturated carbocycles. The van der Waals surface area contributed by atoms with E-state index in [1.807, 2.05) is 0 Å². The van der Waals surface area contributed by atoms with Crippen molar-refractivity contribution in [3.05, 3.63) is 35.6 Å². The van der Waals surface area contributed by atoms with Gasteiger partial charge in [-0.2, -0.15) is 13.2 Å². The quantitative estimate of drug-likeness (QED) is 0.922. The van der Waals surface area contributed by atoms with Crippen molar-refractivity contribution < 1.29 is 27.1 Å². The number of ether oxygens (including phenoxy) is 1. The van der Waals surface area contributed by atoms with Crippen molar-refractivity contribution in [3.8, 4) is 0 Å². The van der Waals surface area contributed by atoms with Gasteiger partial charge in [0.05, 0.1) is 6.61 Å². The molecule has 114 valence electrons. The summed E-state index contributed by atoms with van der Waals surface area (Å²) in [6.45, 7) is 0.897. The Labute approximate surface area is 118 Å². The Morgan fingerprint density at radius 3 is 2.71 bits per heavy atom. The van der Waals surface area contributed by atoms with E-state index in [1.165, 1.54) is 0 Å². The molecule has 1 aromatic carbocycles. The molecule has 4 nitrogen and oxygen atoms in total. The minimum absolute atomic E-state index is 0.0995. The van der Waals surface area contributed by atoms with Crippen molar-refractivity contribution in [2.45, 2.75) is 19.7 Å². The number of nitrogens with one attached hydrogen (secondary N) is 1. The van der Waals surface area contributed by atoms with Crippen LogP contribution in [0.1, 0.15) is 23.0 Å². The number of alkyl halides is 3. The van der Waals surface area contributed by atoms with Gasteiger partial charge in [-0.05, 0) is 13.0 Å². The Hall–Kier alpha value is -2.02. The number of hydrogen-bond donors (Lipinski definition) is 1. The summed E-state index contributed by atoms with van der Waals surface area (Å²) in [6, 6.07) is 6.84. The third-order valence-corrected chi connectivity index (χ3v) is 2.80. The number of fused-ring (bicyclic) bond motifs is 1. The highest BCUT2D eigenvalue weighted by atomic mass is 19.4. The summed E-state index contributed by atoms with van der Waals surface area (Å²) in [6.07, 6.45) is -4.47. The molecule has 0 atom stereocenters. The van der Waals surface area contributed by atoms with E-state index in [4.69, 9.17) is 9.15 Å². The number of furan rings is 1. The number of carbonyl (C=O) groups excluding carboxylic acids is 1. The summed E-state index contributed by atoms with van der Waals surface area (Å²) in [5.41, 5.74) is 0.886. The first-order valence-electron chi connectivity index (χ1n) is 6.35. The van der Waals surface area contributed by atoms with Gasteiger partial charge in [0, 0.05) is 17.6 Å². The maximum atomic E-state index is 12.2. The Morgan fingerprint density at radius 2 is 2.05 bits per heavy atom. The van der Waals surface area contributed by atoms with E-state index in [2.05, 4.69) is 0 Å². The minimum atomic E-state index is -4.47. The lowest BCUT2D eigenvalue weighted by atomic mass is 10.1. The normalized spacial score (nSPS) is 11.8. The first-order valence-corrected chi connectivity index (χ1v) is 6.35. The first kappa shape index (κ1) is 15.4. The van der Waals surface area contributed by atoms with Crippen LogP contribution in [-0.2, 0) is 11.3 Å². The molecule has 2 rings (SSSR count). The zero-order valence-corrected chi connectivity index (χ0v) is 11.3. The third kappa shape index (κ3) is 3.75. The van der Waals surface area contributed by atoms with E-state index in [1.54, 1.807) is 36.5 Å². The van der Waals surface area contributed by atoms with Gasteiger partial charge in [-0.15, -0.1) is 0 Å². The predicted octanol–water partition coefficient (Wildman–Crippen LogP) is 3.26. The summed E-state index contributed by atoms with van der Waals surface area (Å²) in [4.78, 5) is 11.9. The highest BCUT2D eigenvalue weighted by Gasteiger charge is 2.29. The number of amides is 1. The van der Waals surface area contributed by atoms with E-state index < -0.39 is 18.6 Å². The maximum absolute atomic E-state index is 12.2. The van der Waals surface area contributed by atoms with Crippen molar-refractivity contribution in [2.75, 3.05) is 13.2 Å². The van der Waals surface area contributed by atoms with Crippen LogP contribution in [0.25, 0.3) is 11.0 Å². The molecule has 21 heavy (non-hydrogen) atoms. The van der Waals surface area contributed by atoms with Gasteiger partial charge in [0.1, 0.15) is 12.1 Å². The minimum Gasteiger partial charge on any atom is -0.451 e. The second kappa shape index (κ2) is 6.17. The smallest absolute Gasteiger partial charge is 0.405 e. The molecule has 7 heteroatoms. The van der Waals surface area contributed by atoms with Crippen molar-refractivity contribution in [1.29, 1.82) is 0 Å². The van der Waals surface area contributed by atoms with Gasteiger partial charge in [0.25, 0.3) is 5.91 Å². The van der Waals surface area contributed by atoms with Gasteiger partial charge in [-0.3, -0.25) is 4.79 Å². The van der Waals surface area contributed by atoms with Crippen molar-refractivity contribution in [2.24, 2.45) is 0 Å². The molecule has 0 saturated heterocycles. The number of benzene rings is 1. The average molecular weight is 301 g/mol. The Bertz CT molecular complexity index is 634. The molecule has 1 heterocycles. The number of carbonyl (C=O) groups is 1. The highest BCUT2D eigenvalue weighted by molar-refractivity contribution is 5.99. The SMILES string of the molecule is CCOCc1c(C(=O)NCC(F)(F)F)oc2ccccc12. The summed E-state index contributed by atoms with van der Waals surface area (Å²) >= 11 is 0. The fraction of sp³-hybridized carbons (Fsp3) is 0.357. The van der Waals surface area contributed by atoms with Crippen LogP contribution in [0.4, 0.5) is 13.2 Å². The van der Waals surface area contributed by atoms with E-state index >= 15 is 0 Å². The van der Waals surface area contributed by atoms with E-state index in [0.29, 0.717) is 23.1 Å². The zero-order valence-electron chi connectivity index (χ0n) is 11.3. The molecule has 0 spiro atoms.